The zero-order valence-electron chi connectivity index (χ0n) is 14.0. The third kappa shape index (κ3) is 4.63. The van der Waals surface area contributed by atoms with E-state index in [1.807, 2.05) is 6.07 Å². The lowest BCUT2D eigenvalue weighted by molar-refractivity contribution is -0.386. The Morgan fingerprint density at radius 2 is 1.80 bits per heavy atom. The first kappa shape index (κ1) is 18.1. The van der Waals surface area contributed by atoms with Crippen LogP contribution in [0.1, 0.15) is 21.7 Å². The maximum Gasteiger partial charge on any atom is 0.312 e. The first-order chi connectivity index (χ1) is 11.9. The summed E-state index contributed by atoms with van der Waals surface area (Å²) < 4.78 is 1.30. The quantitative estimate of drug-likeness (QED) is 0.440. The Morgan fingerprint density at radius 3 is 2.40 bits per heavy atom. The van der Waals surface area contributed by atoms with Gasteiger partial charge in [-0.05, 0) is 26.0 Å². The molecule has 25 heavy (non-hydrogen) atoms. The van der Waals surface area contributed by atoms with Gasteiger partial charge < -0.3 is 10.6 Å². The fourth-order valence-electron chi connectivity index (χ4n) is 2.37. The maximum absolute atomic E-state index is 11.9. The molecule has 0 aliphatic carbocycles. The van der Waals surface area contributed by atoms with Gasteiger partial charge in [0.1, 0.15) is 17.9 Å². The van der Waals surface area contributed by atoms with Crippen LogP contribution in [-0.2, 0) is 11.3 Å². The van der Waals surface area contributed by atoms with Crippen molar-refractivity contribution in [2.45, 2.75) is 20.4 Å². The van der Waals surface area contributed by atoms with Crippen molar-refractivity contribution in [2.24, 2.45) is 0 Å². The number of aromatic nitrogens is 2. The summed E-state index contributed by atoms with van der Waals surface area (Å²) in [5.74, 6) is -0.557. The van der Waals surface area contributed by atoms with E-state index in [0.717, 1.165) is 0 Å². The molecule has 1 aromatic heterocycles. The summed E-state index contributed by atoms with van der Waals surface area (Å²) in [7, 11) is 0. The van der Waals surface area contributed by atoms with Crippen molar-refractivity contribution >= 4 is 17.5 Å². The Labute approximate surface area is 144 Å². The summed E-state index contributed by atoms with van der Waals surface area (Å²) in [6.45, 7) is 3.48. The van der Waals surface area contributed by atoms with Crippen LogP contribution >= 0.6 is 0 Å². The molecule has 9 nitrogen and oxygen atoms in total. The second-order valence-corrected chi connectivity index (χ2v) is 5.41. The van der Waals surface area contributed by atoms with E-state index in [1.54, 1.807) is 31.2 Å². The molecule has 0 saturated carbocycles. The van der Waals surface area contributed by atoms with E-state index in [9.17, 15) is 19.7 Å². The van der Waals surface area contributed by atoms with Crippen LogP contribution in [0.2, 0.25) is 0 Å². The fourth-order valence-corrected chi connectivity index (χ4v) is 2.37. The highest BCUT2D eigenvalue weighted by Gasteiger charge is 2.22. The predicted molar refractivity (Wildman–Crippen MR) is 90.1 cm³/mol. The molecule has 0 spiro atoms. The zero-order chi connectivity index (χ0) is 18.4. The minimum absolute atomic E-state index is 0.0806. The highest BCUT2D eigenvalue weighted by molar-refractivity contribution is 5.94. The molecule has 0 fully saturated rings. The van der Waals surface area contributed by atoms with Crippen molar-refractivity contribution < 1.29 is 14.5 Å². The van der Waals surface area contributed by atoms with Gasteiger partial charge in [-0.25, -0.2) is 0 Å². The van der Waals surface area contributed by atoms with E-state index in [0.29, 0.717) is 11.3 Å². The second kappa shape index (κ2) is 8.04. The van der Waals surface area contributed by atoms with E-state index in [2.05, 4.69) is 15.7 Å². The van der Waals surface area contributed by atoms with Gasteiger partial charge in [0.15, 0.2) is 0 Å². The Hall–Kier alpha value is -3.23. The van der Waals surface area contributed by atoms with Crippen molar-refractivity contribution in [2.75, 3.05) is 13.1 Å². The van der Waals surface area contributed by atoms with Crippen molar-refractivity contribution in [3.8, 4) is 0 Å². The predicted octanol–water partition coefficient (Wildman–Crippen LogP) is 0.954. The van der Waals surface area contributed by atoms with Gasteiger partial charge in [0, 0.05) is 18.7 Å². The molecule has 2 amide bonds. The van der Waals surface area contributed by atoms with Crippen molar-refractivity contribution in [3.63, 3.8) is 0 Å². The largest absolute Gasteiger partial charge is 0.353 e. The third-order valence-electron chi connectivity index (χ3n) is 3.59. The first-order valence-electron chi connectivity index (χ1n) is 7.68. The number of aryl methyl sites for hydroxylation is 1. The number of carbonyl (C=O) groups is 2. The molecule has 2 rings (SSSR count). The minimum Gasteiger partial charge on any atom is -0.353 e. The maximum atomic E-state index is 11.9. The van der Waals surface area contributed by atoms with Crippen LogP contribution in [0.5, 0.6) is 0 Å². The van der Waals surface area contributed by atoms with Gasteiger partial charge in [0.25, 0.3) is 5.91 Å². The highest BCUT2D eigenvalue weighted by atomic mass is 16.6. The van der Waals surface area contributed by atoms with Crippen LogP contribution in [-0.4, -0.2) is 39.6 Å². The molecule has 0 unspecified atom stereocenters. The first-order valence-corrected chi connectivity index (χ1v) is 7.68. The minimum atomic E-state index is -0.509. The summed E-state index contributed by atoms with van der Waals surface area (Å²) in [6.07, 6.45) is 0. The molecule has 9 heteroatoms. The van der Waals surface area contributed by atoms with Crippen LogP contribution in [0, 0.1) is 24.0 Å². The van der Waals surface area contributed by atoms with Crippen molar-refractivity contribution in [1.29, 1.82) is 0 Å². The van der Waals surface area contributed by atoms with Gasteiger partial charge in [-0.15, -0.1) is 0 Å². The summed E-state index contributed by atoms with van der Waals surface area (Å²) >= 11 is 0. The average molecular weight is 345 g/mol. The molecular weight excluding hydrogens is 326 g/mol. The van der Waals surface area contributed by atoms with Gasteiger partial charge in [-0.1, -0.05) is 18.2 Å². The average Bonchev–Trinajstić information content (AvgIpc) is 2.86. The molecular formula is C16H19N5O4. The summed E-state index contributed by atoms with van der Waals surface area (Å²) in [6, 6.07) is 8.75. The van der Waals surface area contributed by atoms with E-state index >= 15 is 0 Å². The van der Waals surface area contributed by atoms with E-state index in [1.165, 1.54) is 11.6 Å². The highest BCUT2D eigenvalue weighted by Crippen LogP contribution is 2.21. The number of nitrogens with one attached hydrogen (secondary N) is 2. The number of carbonyl (C=O) groups excluding carboxylic acids is 2. The Bertz CT molecular complexity index is 785. The van der Waals surface area contributed by atoms with Gasteiger partial charge >= 0.3 is 5.69 Å². The Balaban J connectivity index is 1.79. The monoisotopic (exact) mass is 345 g/mol. The molecule has 1 heterocycles. The van der Waals surface area contributed by atoms with E-state index in [4.69, 9.17) is 0 Å². The molecule has 2 aromatic rings. The second-order valence-electron chi connectivity index (χ2n) is 5.41. The van der Waals surface area contributed by atoms with Crippen LogP contribution < -0.4 is 10.6 Å². The Morgan fingerprint density at radius 1 is 1.16 bits per heavy atom. The van der Waals surface area contributed by atoms with Gasteiger partial charge in [0.05, 0.1) is 4.92 Å². The van der Waals surface area contributed by atoms with Crippen LogP contribution in [0.15, 0.2) is 30.3 Å². The number of nitro groups is 1. The lowest BCUT2D eigenvalue weighted by Crippen LogP contribution is -2.36. The summed E-state index contributed by atoms with van der Waals surface area (Å²) in [5.41, 5.74) is 1.06. The van der Waals surface area contributed by atoms with Gasteiger partial charge in [0.2, 0.25) is 5.91 Å². The molecule has 0 bridgehead atoms. The topological polar surface area (TPSA) is 119 Å². The van der Waals surface area contributed by atoms with Crippen molar-refractivity contribution in [1.82, 2.24) is 20.4 Å². The fraction of sp³-hybridized carbons (Fsp3) is 0.312. The third-order valence-corrected chi connectivity index (χ3v) is 3.59. The lowest BCUT2D eigenvalue weighted by atomic mass is 10.2. The zero-order valence-corrected chi connectivity index (χ0v) is 14.0. The number of hydrogen-bond donors (Lipinski definition) is 2. The molecule has 0 aliphatic heterocycles. The summed E-state index contributed by atoms with van der Waals surface area (Å²) in [5, 5.41) is 20.3. The standard InChI is InChI=1S/C16H19N5O4/c1-11-15(21(24)25)12(2)20(19-11)10-14(22)17-8-9-18-16(23)13-6-4-3-5-7-13/h3-7H,8-10H2,1-2H3,(H,17,22)(H,18,23). The molecule has 0 radical (unpaired) electrons. The van der Waals surface area contributed by atoms with Gasteiger partial charge in [-0.2, -0.15) is 5.10 Å². The number of hydrogen-bond acceptors (Lipinski definition) is 5. The Kier molecular flexibility index (Phi) is 5.83. The van der Waals surface area contributed by atoms with E-state index in [-0.39, 0.29) is 42.8 Å². The van der Waals surface area contributed by atoms with Crippen LogP contribution in [0.4, 0.5) is 5.69 Å². The molecule has 1 aromatic carbocycles. The van der Waals surface area contributed by atoms with E-state index < -0.39 is 4.92 Å². The van der Waals surface area contributed by atoms with Crippen LogP contribution in [0.3, 0.4) is 0 Å². The molecule has 0 atom stereocenters. The number of rotatable bonds is 7. The summed E-state index contributed by atoms with van der Waals surface area (Å²) in [4.78, 5) is 34.2. The smallest absolute Gasteiger partial charge is 0.312 e. The number of amides is 2. The van der Waals surface area contributed by atoms with Gasteiger partial charge in [-0.3, -0.25) is 24.4 Å². The lowest BCUT2D eigenvalue weighted by Gasteiger charge is -2.08. The van der Waals surface area contributed by atoms with Crippen molar-refractivity contribution in [3.05, 3.63) is 57.4 Å². The normalized spacial score (nSPS) is 10.3. The molecule has 0 aliphatic rings. The number of benzene rings is 1. The molecule has 0 saturated heterocycles. The van der Waals surface area contributed by atoms with Crippen LogP contribution in [0.25, 0.3) is 0 Å². The number of nitrogens with zero attached hydrogens (tertiary/aromatic N) is 3. The molecule has 132 valence electrons. The molecule has 2 N–H and O–H groups in total. The SMILES string of the molecule is Cc1nn(CC(=O)NCCNC(=O)c2ccccc2)c(C)c1[N+](=O)[O-].